The van der Waals surface area contributed by atoms with Crippen molar-refractivity contribution < 1.29 is 14.7 Å². The lowest BCUT2D eigenvalue weighted by molar-refractivity contribution is -0.140. The first-order chi connectivity index (χ1) is 9.88. The molecule has 0 radical (unpaired) electrons. The van der Waals surface area contributed by atoms with Gasteiger partial charge in [0.2, 0.25) is 0 Å². The molecule has 0 fully saturated rings. The van der Waals surface area contributed by atoms with Gasteiger partial charge in [-0.3, -0.25) is 0 Å². The molecular weight excluding hydrogens is 268 g/mol. The highest BCUT2D eigenvalue weighted by Crippen LogP contribution is 2.09. The molecule has 5 heteroatoms. The molecule has 5 nitrogen and oxygen atoms in total. The van der Waals surface area contributed by atoms with Crippen molar-refractivity contribution in [2.75, 3.05) is 6.54 Å². The minimum absolute atomic E-state index is 0.0794. The molecule has 0 bridgehead atoms. The Kier molecular flexibility index (Phi) is 10.7. The third-order valence-corrected chi connectivity index (χ3v) is 3.76. The quantitative estimate of drug-likeness (QED) is 0.512. The van der Waals surface area contributed by atoms with Crippen LogP contribution in [-0.2, 0) is 4.79 Å². The van der Waals surface area contributed by atoms with Gasteiger partial charge in [0, 0.05) is 6.54 Å². The van der Waals surface area contributed by atoms with Gasteiger partial charge in [-0.1, -0.05) is 59.8 Å². The number of aliphatic carboxylic acids is 1. The standard InChI is InChI=1S/C16H32N2O3/c1-5-13(4)14(15(19)20)18-16(21)17-11-9-7-6-8-10-12(2)3/h12-14H,5-11H2,1-4H3,(H,19,20)(H2,17,18,21)/t13-,14-/m0/s1. The molecule has 2 atom stereocenters. The van der Waals surface area contributed by atoms with Crippen LogP contribution < -0.4 is 10.6 Å². The maximum Gasteiger partial charge on any atom is 0.326 e. The topological polar surface area (TPSA) is 78.4 Å². The first-order valence-electron chi connectivity index (χ1n) is 8.15. The highest BCUT2D eigenvalue weighted by atomic mass is 16.4. The van der Waals surface area contributed by atoms with E-state index in [0.717, 1.165) is 18.8 Å². The Bertz CT molecular complexity index is 306. The Morgan fingerprint density at radius 3 is 2.19 bits per heavy atom. The summed E-state index contributed by atoms with van der Waals surface area (Å²) in [5.74, 6) is -0.306. The monoisotopic (exact) mass is 300 g/mol. The summed E-state index contributed by atoms with van der Waals surface area (Å²) in [6.45, 7) is 8.79. The van der Waals surface area contributed by atoms with E-state index in [1.54, 1.807) is 0 Å². The predicted octanol–water partition coefficient (Wildman–Crippen LogP) is 3.39. The van der Waals surface area contributed by atoms with E-state index in [0.29, 0.717) is 13.0 Å². The maximum absolute atomic E-state index is 11.7. The molecule has 2 amide bonds. The molecule has 0 rings (SSSR count). The number of carboxylic acid groups (broad SMARTS) is 1. The Balaban J connectivity index is 3.76. The fraction of sp³-hybridized carbons (Fsp3) is 0.875. The van der Waals surface area contributed by atoms with Crippen molar-refractivity contribution in [3.63, 3.8) is 0 Å². The minimum atomic E-state index is -0.979. The van der Waals surface area contributed by atoms with Gasteiger partial charge in [-0.05, 0) is 18.3 Å². The van der Waals surface area contributed by atoms with Gasteiger partial charge in [0.25, 0.3) is 0 Å². The molecule has 0 spiro atoms. The number of carbonyl (C=O) groups is 2. The molecule has 0 aromatic heterocycles. The summed E-state index contributed by atoms with van der Waals surface area (Å²) in [4.78, 5) is 22.8. The second kappa shape index (κ2) is 11.4. The molecule has 0 heterocycles. The largest absolute Gasteiger partial charge is 0.480 e. The van der Waals surface area contributed by atoms with E-state index in [1.807, 2.05) is 13.8 Å². The highest BCUT2D eigenvalue weighted by Gasteiger charge is 2.24. The zero-order chi connectivity index (χ0) is 16.3. The molecular formula is C16H32N2O3. The molecule has 0 aliphatic carbocycles. The zero-order valence-electron chi connectivity index (χ0n) is 13.9. The van der Waals surface area contributed by atoms with Crippen molar-refractivity contribution in [3.8, 4) is 0 Å². The van der Waals surface area contributed by atoms with Crippen molar-refractivity contribution in [1.82, 2.24) is 10.6 Å². The Labute approximate surface area is 128 Å². The Morgan fingerprint density at radius 2 is 1.67 bits per heavy atom. The van der Waals surface area contributed by atoms with Crippen molar-refractivity contribution in [1.29, 1.82) is 0 Å². The van der Waals surface area contributed by atoms with Crippen LogP contribution in [0.1, 0.15) is 66.2 Å². The summed E-state index contributed by atoms with van der Waals surface area (Å²) in [6, 6.07) is -1.20. The predicted molar refractivity (Wildman–Crippen MR) is 85.3 cm³/mol. The van der Waals surface area contributed by atoms with Crippen molar-refractivity contribution in [3.05, 3.63) is 0 Å². The number of hydrogen-bond donors (Lipinski definition) is 3. The Hall–Kier alpha value is -1.26. The van der Waals surface area contributed by atoms with Crippen LogP contribution in [0, 0.1) is 11.8 Å². The SMILES string of the molecule is CC[C@H](C)[C@H](NC(=O)NCCCCCCC(C)C)C(=O)O. The van der Waals surface area contributed by atoms with Crippen LogP contribution in [0.5, 0.6) is 0 Å². The molecule has 0 aliphatic heterocycles. The van der Waals surface area contributed by atoms with Crippen molar-refractivity contribution in [2.24, 2.45) is 11.8 Å². The van der Waals surface area contributed by atoms with Crippen LogP contribution in [0.25, 0.3) is 0 Å². The lowest BCUT2D eigenvalue weighted by atomic mass is 9.99. The van der Waals surface area contributed by atoms with E-state index in [2.05, 4.69) is 24.5 Å². The lowest BCUT2D eigenvalue weighted by Crippen LogP contribution is -2.49. The van der Waals surface area contributed by atoms with Gasteiger partial charge < -0.3 is 15.7 Å². The van der Waals surface area contributed by atoms with Crippen molar-refractivity contribution >= 4 is 12.0 Å². The van der Waals surface area contributed by atoms with E-state index >= 15 is 0 Å². The van der Waals surface area contributed by atoms with E-state index in [4.69, 9.17) is 5.11 Å². The summed E-state index contributed by atoms with van der Waals surface area (Å²) < 4.78 is 0. The van der Waals surface area contributed by atoms with Gasteiger partial charge in [-0.25, -0.2) is 9.59 Å². The average molecular weight is 300 g/mol. The van der Waals surface area contributed by atoms with E-state index < -0.39 is 12.0 Å². The number of urea groups is 1. The van der Waals surface area contributed by atoms with Crippen molar-refractivity contribution in [2.45, 2.75) is 72.3 Å². The fourth-order valence-electron chi connectivity index (χ4n) is 2.11. The van der Waals surface area contributed by atoms with Crippen LogP contribution in [0.4, 0.5) is 4.79 Å². The van der Waals surface area contributed by atoms with Gasteiger partial charge in [0.1, 0.15) is 6.04 Å². The maximum atomic E-state index is 11.7. The van der Waals surface area contributed by atoms with Gasteiger partial charge in [-0.15, -0.1) is 0 Å². The van der Waals surface area contributed by atoms with Gasteiger partial charge in [-0.2, -0.15) is 0 Å². The van der Waals surface area contributed by atoms with Crippen LogP contribution in [0.2, 0.25) is 0 Å². The molecule has 0 aliphatic rings. The number of unbranched alkanes of at least 4 members (excludes halogenated alkanes) is 3. The smallest absolute Gasteiger partial charge is 0.326 e. The summed E-state index contributed by atoms with van der Waals surface area (Å²) >= 11 is 0. The second-order valence-electron chi connectivity index (χ2n) is 6.20. The molecule has 124 valence electrons. The van der Waals surface area contributed by atoms with E-state index in [1.165, 1.54) is 19.3 Å². The molecule has 21 heavy (non-hydrogen) atoms. The fourth-order valence-corrected chi connectivity index (χ4v) is 2.11. The number of hydrogen-bond acceptors (Lipinski definition) is 2. The summed E-state index contributed by atoms with van der Waals surface area (Å²) in [7, 11) is 0. The van der Waals surface area contributed by atoms with Gasteiger partial charge >= 0.3 is 12.0 Å². The third kappa shape index (κ3) is 10.2. The van der Waals surface area contributed by atoms with Crippen LogP contribution in [-0.4, -0.2) is 29.7 Å². The average Bonchev–Trinajstić information content (AvgIpc) is 2.42. The van der Waals surface area contributed by atoms with Crippen LogP contribution >= 0.6 is 0 Å². The molecule has 0 saturated carbocycles. The molecule has 0 saturated heterocycles. The first-order valence-corrected chi connectivity index (χ1v) is 8.15. The number of carboxylic acids is 1. The summed E-state index contributed by atoms with van der Waals surface area (Å²) in [5, 5.41) is 14.4. The molecule has 0 unspecified atom stereocenters. The van der Waals surface area contributed by atoms with Gasteiger partial charge in [0.15, 0.2) is 0 Å². The van der Waals surface area contributed by atoms with E-state index in [-0.39, 0.29) is 11.9 Å². The number of carbonyl (C=O) groups excluding carboxylic acids is 1. The highest BCUT2D eigenvalue weighted by molar-refractivity contribution is 5.82. The van der Waals surface area contributed by atoms with E-state index in [9.17, 15) is 9.59 Å². The first kappa shape index (κ1) is 19.7. The second-order valence-corrected chi connectivity index (χ2v) is 6.20. The van der Waals surface area contributed by atoms with Gasteiger partial charge in [0.05, 0.1) is 0 Å². The number of nitrogens with one attached hydrogen (secondary N) is 2. The lowest BCUT2D eigenvalue weighted by Gasteiger charge is -2.20. The summed E-state index contributed by atoms with van der Waals surface area (Å²) in [5.41, 5.74) is 0. The molecule has 0 aromatic carbocycles. The minimum Gasteiger partial charge on any atom is -0.480 e. The van der Waals surface area contributed by atoms with Crippen LogP contribution in [0.3, 0.4) is 0 Å². The zero-order valence-corrected chi connectivity index (χ0v) is 13.9. The van der Waals surface area contributed by atoms with Crippen LogP contribution in [0.15, 0.2) is 0 Å². The Morgan fingerprint density at radius 1 is 1.05 bits per heavy atom. The normalized spacial score (nSPS) is 13.8. The number of rotatable bonds is 11. The molecule has 3 N–H and O–H groups in total. The number of amides is 2. The molecule has 0 aromatic rings. The summed E-state index contributed by atoms with van der Waals surface area (Å²) in [6.07, 6.45) is 6.43. The third-order valence-electron chi connectivity index (χ3n) is 3.76.